The fraction of sp³-hybridized carbons (Fsp3) is 0.333. The summed E-state index contributed by atoms with van der Waals surface area (Å²) in [5, 5.41) is 0. The number of rotatable bonds is 7. The first-order chi connectivity index (χ1) is 10.9. The molecule has 0 amide bonds. The van der Waals surface area contributed by atoms with Gasteiger partial charge in [0, 0.05) is 19.0 Å². The van der Waals surface area contributed by atoms with Crippen LogP contribution >= 0.6 is 0 Å². The molecule has 1 rings (SSSR count). The standard InChI is InChI=1S/C21H28N2/c1-8-18(9-2)15-21(5,23-7)14-17(4)13-19-12-16(3)10-11-20(19)22-6/h8,10-13,15H,1,4,7,9,14H2,2-3,5-6H3/b18-15+,19-13-,22-20-. The number of nitrogens with zero attached hydrogens (tertiary/aromatic N) is 2. The Hall–Kier alpha value is -2.22. The zero-order valence-corrected chi connectivity index (χ0v) is 14.9. The molecule has 0 aromatic carbocycles. The van der Waals surface area contributed by atoms with Gasteiger partial charge < -0.3 is 0 Å². The summed E-state index contributed by atoms with van der Waals surface area (Å²) in [5.41, 5.74) is 5.08. The van der Waals surface area contributed by atoms with Crippen LogP contribution in [0.25, 0.3) is 0 Å². The molecule has 0 aromatic heterocycles. The Labute approximate surface area is 141 Å². The molecule has 0 fully saturated rings. The summed E-state index contributed by atoms with van der Waals surface area (Å²) >= 11 is 0. The molecule has 0 bridgehead atoms. The average Bonchev–Trinajstić information content (AvgIpc) is 2.52. The van der Waals surface area contributed by atoms with Crippen molar-refractivity contribution in [3.8, 4) is 0 Å². The van der Waals surface area contributed by atoms with E-state index in [2.05, 4.69) is 74.9 Å². The van der Waals surface area contributed by atoms with Crippen LogP contribution in [0, 0.1) is 0 Å². The summed E-state index contributed by atoms with van der Waals surface area (Å²) in [6.07, 6.45) is 14.0. The molecule has 0 radical (unpaired) electrons. The molecule has 2 nitrogen and oxygen atoms in total. The highest BCUT2D eigenvalue weighted by Gasteiger charge is 2.20. The van der Waals surface area contributed by atoms with Crippen LogP contribution in [0.4, 0.5) is 0 Å². The van der Waals surface area contributed by atoms with Crippen LogP contribution in [0.15, 0.2) is 81.9 Å². The van der Waals surface area contributed by atoms with Gasteiger partial charge in [-0.1, -0.05) is 61.1 Å². The third kappa shape index (κ3) is 5.48. The van der Waals surface area contributed by atoms with Crippen LogP contribution in [0.3, 0.4) is 0 Å². The molecule has 0 spiro atoms. The minimum absolute atomic E-state index is 0.375. The summed E-state index contributed by atoms with van der Waals surface area (Å²) < 4.78 is 0. The fourth-order valence-electron chi connectivity index (χ4n) is 2.58. The summed E-state index contributed by atoms with van der Waals surface area (Å²) in [5.74, 6) is 0. The van der Waals surface area contributed by atoms with E-state index < -0.39 is 0 Å². The van der Waals surface area contributed by atoms with Gasteiger partial charge in [0.05, 0.1) is 11.3 Å². The Morgan fingerprint density at radius 1 is 1.35 bits per heavy atom. The SMILES string of the molecule is C=C/C(=C\C(C)(CC(=C)/C=C1/C=C(C)C=C/C1=N/C)N=C)CC. The normalized spacial score (nSPS) is 21.0. The lowest BCUT2D eigenvalue weighted by molar-refractivity contribution is 0.588. The molecule has 1 aliphatic rings. The van der Waals surface area contributed by atoms with Gasteiger partial charge in [-0.3, -0.25) is 9.98 Å². The van der Waals surface area contributed by atoms with Crippen molar-refractivity contribution in [2.75, 3.05) is 7.05 Å². The van der Waals surface area contributed by atoms with E-state index in [0.29, 0.717) is 6.42 Å². The Morgan fingerprint density at radius 2 is 2.04 bits per heavy atom. The van der Waals surface area contributed by atoms with Crippen molar-refractivity contribution in [2.45, 2.75) is 39.2 Å². The minimum atomic E-state index is -0.375. The van der Waals surface area contributed by atoms with Crippen molar-refractivity contribution < 1.29 is 0 Å². The molecule has 1 aliphatic carbocycles. The molecule has 0 heterocycles. The highest BCUT2D eigenvalue weighted by Crippen LogP contribution is 2.26. The van der Waals surface area contributed by atoms with Gasteiger partial charge in [0.2, 0.25) is 0 Å². The first-order valence-electron chi connectivity index (χ1n) is 7.92. The predicted octanol–water partition coefficient (Wildman–Crippen LogP) is 5.43. The first-order valence-corrected chi connectivity index (χ1v) is 7.92. The zero-order valence-electron chi connectivity index (χ0n) is 14.9. The molecular weight excluding hydrogens is 280 g/mol. The van der Waals surface area contributed by atoms with Gasteiger partial charge in [0.25, 0.3) is 0 Å². The van der Waals surface area contributed by atoms with Gasteiger partial charge >= 0.3 is 0 Å². The van der Waals surface area contributed by atoms with Gasteiger partial charge in [0.15, 0.2) is 0 Å². The lowest BCUT2D eigenvalue weighted by Gasteiger charge is -2.23. The molecular formula is C21H28N2. The van der Waals surface area contributed by atoms with Crippen molar-refractivity contribution in [1.29, 1.82) is 0 Å². The van der Waals surface area contributed by atoms with Gasteiger partial charge in [-0.15, -0.1) is 0 Å². The lowest BCUT2D eigenvalue weighted by Crippen LogP contribution is -2.19. The average molecular weight is 308 g/mol. The van der Waals surface area contributed by atoms with Gasteiger partial charge in [-0.05, 0) is 39.1 Å². The molecule has 0 aliphatic heterocycles. The lowest BCUT2D eigenvalue weighted by atomic mass is 9.89. The van der Waals surface area contributed by atoms with Crippen LogP contribution in [-0.2, 0) is 0 Å². The minimum Gasteiger partial charge on any atom is -0.290 e. The zero-order chi connectivity index (χ0) is 17.5. The quantitative estimate of drug-likeness (QED) is 0.443. The molecule has 2 heteroatoms. The van der Waals surface area contributed by atoms with E-state index in [4.69, 9.17) is 0 Å². The molecule has 0 N–H and O–H groups in total. The van der Waals surface area contributed by atoms with Gasteiger partial charge in [0.1, 0.15) is 0 Å². The van der Waals surface area contributed by atoms with E-state index in [1.165, 1.54) is 11.1 Å². The van der Waals surface area contributed by atoms with E-state index in [1.807, 2.05) is 12.2 Å². The fourth-order valence-corrected chi connectivity index (χ4v) is 2.58. The third-order valence-electron chi connectivity index (χ3n) is 3.90. The summed E-state index contributed by atoms with van der Waals surface area (Å²) in [6, 6.07) is 0. The number of allylic oxidation sites excluding steroid dienone is 8. The second-order valence-corrected chi connectivity index (χ2v) is 6.06. The Bertz CT molecular complexity index is 639. The largest absolute Gasteiger partial charge is 0.290 e. The first kappa shape index (κ1) is 18.8. The van der Waals surface area contributed by atoms with Gasteiger partial charge in [-0.2, -0.15) is 0 Å². The van der Waals surface area contributed by atoms with Crippen LogP contribution in [0.5, 0.6) is 0 Å². The number of hydrogen-bond donors (Lipinski definition) is 0. The third-order valence-corrected chi connectivity index (χ3v) is 3.90. The van der Waals surface area contributed by atoms with E-state index in [9.17, 15) is 0 Å². The second kappa shape index (κ2) is 8.42. The van der Waals surface area contributed by atoms with Crippen LogP contribution < -0.4 is 0 Å². The molecule has 1 atom stereocenters. The molecule has 0 aromatic rings. The highest BCUT2D eigenvalue weighted by molar-refractivity contribution is 6.12. The van der Waals surface area contributed by atoms with E-state index in [0.717, 1.165) is 23.3 Å². The maximum atomic E-state index is 4.32. The summed E-state index contributed by atoms with van der Waals surface area (Å²) in [7, 11) is 1.81. The van der Waals surface area contributed by atoms with Crippen LogP contribution in [-0.4, -0.2) is 25.0 Å². The molecule has 1 unspecified atom stereocenters. The molecule has 0 saturated carbocycles. The van der Waals surface area contributed by atoms with Crippen molar-refractivity contribution >= 4 is 12.4 Å². The maximum absolute atomic E-state index is 4.32. The highest BCUT2D eigenvalue weighted by atomic mass is 14.8. The van der Waals surface area contributed by atoms with E-state index in [-0.39, 0.29) is 5.54 Å². The van der Waals surface area contributed by atoms with E-state index >= 15 is 0 Å². The molecule has 23 heavy (non-hydrogen) atoms. The smallest absolute Gasteiger partial charge is 0.0798 e. The number of hydrogen-bond acceptors (Lipinski definition) is 2. The van der Waals surface area contributed by atoms with E-state index in [1.54, 1.807) is 7.05 Å². The summed E-state index contributed by atoms with van der Waals surface area (Å²) in [6.45, 7) is 18.1. The Morgan fingerprint density at radius 3 is 2.57 bits per heavy atom. The van der Waals surface area contributed by atoms with Gasteiger partial charge in [-0.25, -0.2) is 0 Å². The van der Waals surface area contributed by atoms with Crippen LogP contribution in [0.2, 0.25) is 0 Å². The van der Waals surface area contributed by atoms with Crippen molar-refractivity contribution in [3.63, 3.8) is 0 Å². The summed E-state index contributed by atoms with van der Waals surface area (Å²) in [4.78, 5) is 8.64. The van der Waals surface area contributed by atoms with Crippen molar-refractivity contribution in [1.82, 2.24) is 0 Å². The molecule has 122 valence electrons. The Balaban J connectivity index is 3.03. The molecule has 0 saturated heterocycles. The maximum Gasteiger partial charge on any atom is 0.0798 e. The monoisotopic (exact) mass is 308 g/mol. The Kier molecular flexibility index (Phi) is 6.89. The number of aliphatic imine (C=N–C) groups is 2. The van der Waals surface area contributed by atoms with Crippen molar-refractivity contribution in [2.24, 2.45) is 9.98 Å². The van der Waals surface area contributed by atoms with Crippen LogP contribution in [0.1, 0.15) is 33.6 Å². The van der Waals surface area contributed by atoms with Crippen molar-refractivity contribution in [3.05, 3.63) is 71.9 Å². The topological polar surface area (TPSA) is 24.7 Å². The predicted molar refractivity (Wildman–Crippen MR) is 105 cm³/mol. The second-order valence-electron chi connectivity index (χ2n) is 6.06.